The quantitative estimate of drug-likeness (QED) is 0.572. The predicted octanol–water partition coefficient (Wildman–Crippen LogP) is 1.70. The summed E-state index contributed by atoms with van der Waals surface area (Å²) in [7, 11) is 0. The molecule has 1 saturated heterocycles. The molecule has 2 atom stereocenters. The summed E-state index contributed by atoms with van der Waals surface area (Å²) in [5.74, 6) is 2.01. The molecule has 2 rings (SSSR count). The second kappa shape index (κ2) is 2.98. The van der Waals surface area contributed by atoms with Crippen LogP contribution in [0.5, 0.6) is 0 Å². The summed E-state index contributed by atoms with van der Waals surface area (Å²) in [6.07, 6.45) is 5.72. The Balaban J connectivity index is 1.96. The van der Waals surface area contributed by atoms with Gasteiger partial charge in [-0.1, -0.05) is 0 Å². The fourth-order valence-corrected chi connectivity index (χ4v) is 2.98. The molecule has 0 amide bonds. The molecule has 0 bridgehead atoms. The van der Waals surface area contributed by atoms with Gasteiger partial charge in [-0.05, 0) is 49.3 Å². The molecule has 0 unspecified atom stereocenters. The predicted molar refractivity (Wildman–Crippen MR) is 51.1 cm³/mol. The Kier molecular flexibility index (Phi) is 2.15. The summed E-state index contributed by atoms with van der Waals surface area (Å²) in [5, 5.41) is 3.47. The molecule has 1 nitrogen and oxygen atoms in total. The van der Waals surface area contributed by atoms with Crippen molar-refractivity contribution in [3.05, 3.63) is 0 Å². The van der Waals surface area contributed by atoms with Crippen LogP contribution in [0.3, 0.4) is 0 Å². The van der Waals surface area contributed by atoms with Crippen LogP contribution in [-0.4, -0.2) is 18.8 Å². The highest BCUT2D eigenvalue weighted by Gasteiger charge is 2.40. The minimum Gasteiger partial charge on any atom is -0.316 e. The van der Waals surface area contributed by atoms with Crippen LogP contribution >= 0.6 is 12.6 Å². The van der Waals surface area contributed by atoms with Gasteiger partial charge in [0.1, 0.15) is 0 Å². The molecule has 0 aromatic heterocycles. The first-order chi connectivity index (χ1) is 5.35. The van der Waals surface area contributed by atoms with E-state index in [0.29, 0.717) is 5.41 Å². The van der Waals surface area contributed by atoms with E-state index in [2.05, 4.69) is 17.9 Å². The van der Waals surface area contributed by atoms with Gasteiger partial charge in [0.05, 0.1) is 0 Å². The molecule has 1 spiro atoms. The molecule has 0 aromatic rings. The van der Waals surface area contributed by atoms with Gasteiger partial charge in [0.15, 0.2) is 0 Å². The number of thiol groups is 1. The van der Waals surface area contributed by atoms with Gasteiger partial charge in [-0.2, -0.15) is 12.6 Å². The second-order valence-corrected chi connectivity index (χ2v) is 4.58. The summed E-state index contributed by atoms with van der Waals surface area (Å²) in [4.78, 5) is 0. The van der Waals surface area contributed by atoms with Crippen molar-refractivity contribution in [3.8, 4) is 0 Å². The third-order valence-corrected chi connectivity index (χ3v) is 3.91. The van der Waals surface area contributed by atoms with E-state index in [0.717, 1.165) is 11.7 Å². The zero-order chi connectivity index (χ0) is 7.73. The maximum absolute atomic E-state index is 4.37. The average Bonchev–Trinajstić information content (AvgIpc) is 2.62. The highest BCUT2D eigenvalue weighted by atomic mass is 32.1. The van der Waals surface area contributed by atoms with Crippen molar-refractivity contribution < 1.29 is 0 Å². The number of nitrogens with one attached hydrogen (secondary N) is 1. The van der Waals surface area contributed by atoms with Gasteiger partial charge in [0.25, 0.3) is 0 Å². The number of hydrogen-bond acceptors (Lipinski definition) is 2. The van der Waals surface area contributed by atoms with Gasteiger partial charge >= 0.3 is 0 Å². The highest BCUT2D eigenvalue weighted by Crippen LogP contribution is 2.45. The lowest BCUT2D eigenvalue weighted by Gasteiger charge is -2.21. The van der Waals surface area contributed by atoms with Gasteiger partial charge in [0.2, 0.25) is 0 Å². The molecule has 11 heavy (non-hydrogen) atoms. The van der Waals surface area contributed by atoms with Gasteiger partial charge in [-0.3, -0.25) is 0 Å². The van der Waals surface area contributed by atoms with E-state index in [4.69, 9.17) is 0 Å². The van der Waals surface area contributed by atoms with Crippen LogP contribution in [0.2, 0.25) is 0 Å². The van der Waals surface area contributed by atoms with E-state index in [-0.39, 0.29) is 0 Å². The van der Waals surface area contributed by atoms with E-state index >= 15 is 0 Å². The molecular weight excluding hydrogens is 154 g/mol. The van der Waals surface area contributed by atoms with Gasteiger partial charge in [-0.15, -0.1) is 0 Å². The molecule has 1 aliphatic carbocycles. The molecule has 1 saturated carbocycles. The maximum Gasteiger partial charge on any atom is 0.000840 e. The Bertz CT molecular complexity index is 140. The summed E-state index contributed by atoms with van der Waals surface area (Å²) in [6, 6.07) is 0. The highest BCUT2D eigenvalue weighted by molar-refractivity contribution is 7.80. The summed E-state index contributed by atoms with van der Waals surface area (Å²) in [5.41, 5.74) is 0.702. The SMILES string of the molecule is SC[C@@H]1CC[C@]2(CCNC2)C1. The van der Waals surface area contributed by atoms with E-state index in [1.165, 1.54) is 38.8 Å². The Morgan fingerprint density at radius 2 is 2.36 bits per heavy atom. The molecule has 2 heteroatoms. The van der Waals surface area contributed by atoms with Gasteiger partial charge < -0.3 is 5.32 Å². The number of hydrogen-bond donors (Lipinski definition) is 2. The zero-order valence-corrected chi connectivity index (χ0v) is 7.87. The molecule has 64 valence electrons. The minimum atomic E-state index is 0.702. The van der Waals surface area contributed by atoms with Crippen molar-refractivity contribution in [1.82, 2.24) is 5.32 Å². The third-order valence-electron chi connectivity index (χ3n) is 3.39. The maximum atomic E-state index is 4.37. The Morgan fingerprint density at radius 3 is 2.91 bits per heavy atom. The normalized spacial score (nSPS) is 43.9. The molecule has 2 fully saturated rings. The Labute approximate surface area is 74.4 Å². The smallest absolute Gasteiger partial charge is 0.000840 e. The first kappa shape index (κ1) is 7.93. The van der Waals surface area contributed by atoms with Crippen molar-refractivity contribution in [3.63, 3.8) is 0 Å². The van der Waals surface area contributed by atoms with Crippen molar-refractivity contribution in [2.24, 2.45) is 11.3 Å². The molecule has 0 radical (unpaired) electrons. The fraction of sp³-hybridized carbons (Fsp3) is 1.00. The van der Waals surface area contributed by atoms with Crippen molar-refractivity contribution in [2.75, 3.05) is 18.8 Å². The third kappa shape index (κ3) is 1.43. The van der Waals surface area contributed by atoms with E-state index < -0.39 is 0 Å². The lowest BCUT2D eigenvalue weighted by Crippen LogP contribution is -2.20. The summed E-state index contributed by atoms with van der Waals surface area (Å²) < 4.78 is 0. The van der Waals surface area contributed by atoms with Crippen LogP contribution in [0.15, 0.2) is 0 Å². The van der Waals surface area contributed by atoms with Crippen LogP contribution in [-0.2, 0) is 0 Å². The topological polar surface area (TPSA) is 12.0 Å². The number of rotatable bonds is 1. The lowest BCUT2D eigenvalue weighted by molar-refractivity contribution is 0.325. The average molecular weight is 171 g/mol. The summed E-state index contributed by atoms with van der Waals surface area (Å²) >= 11 is 4.37. The zero-order valence-electron chi connectivity index (χ0n) is 6.97. The Hall–Kier alpha value is 0.310. The molecule has 0 aromatic carbocycles. The van der Waals surface area contributed by atoms with E-state index in [1.54, 1.807) is 0 Å². The largest absolute Gasteiger partial charge is 0.316 e. The minimum absolute atomic E-state index is 0.702. The van der Waals surface area contributed by atoms with E-state index in [9.17, 15) is 0 Å². The first-order valence-electron chi connectivity index (χ1n) is 4.66. The van der Waals surface area contributed by atoms with Gasteiger partial charge in [-0.25, -0.2) is 0 Å². The lowest BCUT2D eigenvalue weighted by atomic mass is 9.85. The second-order valence-electron chi connectivity index (χ2n) is 4.22. The molecule has 1 aliphatic heterocycles. The van der Waals surface area contributed by atoms with Crippen LogP contribution < -0.4 is 5.32 Å². The van der Waals surface area contributed by atoms with Crippen molar-refractivity contribution in [2.45, 2.75) is 25.7 Å². The van der Waals surface area contributed by atoms with Crippen LogP contribution in [0.25, 0.3) is 0 Å². The van der Waals surface area contributed by atoms with Gasteiger partial charge in [0, 0.05) is 6.54 Å². The molecule has 1 heterocycles. The van der Waals surface area contributed by atoms with Crippen molar-refractivity contribution >= 4 is 12.6 Å². The molecule has 1 N–H and O–H groups in total. The first-order valence-corrected chi connectivity index (χ1v) is 5.29. The standard InChI is InChI=1S/C9H17NS/c11-6-8-1-2-9(5-8)3-4-10-7-9/h8,10-11H,1-7H2/t8-,9+/m1/s1. The van der Waals surface area contributed by atoms with Crippen molar-refractivity contribution in [1.29, 1.82) is 0 Å². The fourth-order valence-electron chi connectivity index (χ4n) is 2.67. The van der Waals surface area contributed by atoms with Crippen LogP contribution in [0.4, 0.5) is 0 Å². The summed E-state index contributed by atoms with van der Waals surface area (Å²) in [6.45, 7) is 2.52. The Morgan fingerprint density at radius 1 is 1.45 bits per heavy atom. The van der Waals surface area contributed by atoms with E-state index in [1.807, 2.05) is 0 Å². The molecule has 2 aliphatic rings. The van der Waals surface area contributed by atoms with Crippen LogP contribution in [0, 0.1) is 11.3 Å². The van der Waals surface area contributed by atoms with Crippen LogP contribution in [0.1, 0.15) is 25.7 Å². The monoisotopic (exact) mass is 171 g/mol. The molecular formula is C9H17NS.